The number of hydrogen-bond acceptors (Lipinski definition) is 8. The molecule has 1 atom stereocenters. The number of aromatic nitrogens is 4. The van der Waals surface area contributed by atoms with Crippen LogP contribution in [0.5, 0.6) is 0 Å². The van der Waals surface area contributed by atoms with Gasteiger partial charge in [-0.25, -0.2) is 4.79 Å². The molecular weight excluding hydrogens is 384 g/mol. The first kappa shape index (κ1) is 19.3. The maximum Gasteiger partial charge on any atom is 0.357 e. The number of nitrogens with zero attached hydrogens (tertiary/aromatic N) is 5. The van der Waals surface area contributed by atoms with Crippen LogP contribution in [0.25, 0.3) is 5.70 Å². The minimum Gasteiger partial charge on any atom is -0.464 e. The maximum atomic E-state index is 13.5. The van der Waals surface area contributed by atoms with Gasteiger partial charge in [-0.1, -0.05) is 47.6 Å². The molecule has 1 aromatic heterocycles. The molecule has 0 bridgehead atoms. The number of ether oxygens (including phenoxy) is 1. The molecule has 3 aromatic rings. The number of rotatable bonds is 5. The topological polar surface area (TPSA) is 102 Å². The van der Waals surface area contributed by atoms with Crippen LogP contribution in [0, 0.1) is 0 Å². The van der Waals surface area contributed by atoms with E-state index >= 15 is 0 Å². The number of fused-ring (bicyclic) bond motifs is 1. The van der Waals surface area contributed by atoms with E-state index in [0.29, 0.717) is 5.56 Å². The Morgan fingerprint density at radius 2 is 1.77 bits per heavy atom. The second-order valence-corrected chi connectivity index (χ2v) is 6.93. The lowest BCUT2D eigenvalue weighted by Gasteiger charge is -2.28. The van der Waals surface area contributed by atoms with Crippen LogP contribution in [0.1, 0.15) is 22.0 Å². The van der Waals surface area contributed by atoms with Gasteiger partial charge in [-0.3, -0.25) is 4.79 Å². The molecule has 152 valence electrons. The SMILES string of the molecule is COC(=O)C1=C(C(=O)c2ccccc2)[C@@H](c2ccc(N(C)C)cc2)Nc2nnnn21. The quantitative estimate of drug-likeness (QED) is 0.510. The van der Waals surface area contributed by atoms with Gasteiger partial charge in [0, 0.05) is 25.3 Å². The molecule has 0 fully saturated rings. The number of nitrogens with one attached hydrogen (secondary N) is 1. The van der Waals surface area contributed by atoms with Crippen molar-refractivity contribution >= 4 is 29.1 Å². The summed E-state index contributed by atoms with van der Waals surface area (Å²) in [4.78, 5) is 28.2. The fraction of sp³-hybridized carbons (Fsp3) is 0.190. The third-order valence-corrected chi connectivity index (χ3v) is 4.90. The molecule has 9 heteroatoms. The van der Waals surface area contributed by atoms with Gasteiger partial charge < -0.3 is 15.0 Å². The fourth-order valence-corrected chi connectivity index (χ4v) is 3.37. The molecule has 0 unspecified atom stereocenters. The lowest BCUT2D eigenvalue weighted by atomic mass is 9.89. The van der Waals surface area contributed by atoms with E-state index in [0.717, 1.165) is 11.3 Å². The van der Waals surface area contributed by atoms with Crippen molar-refractivity contribution in [1.29, 1.82) is 0 Å². The van der Waals surface area contributed by atoms with Crippen LogP contribution in [0.3, 0.4) is 0 Å². The van der Waals surface area contributed by atoms with E-state index in [4.69, 9.17) is 4.74 Å². The van der Waals surface area contributed by atoms with E-state index in [1.165, 1.54) is 11.8 Å². The van der Waals surface area contributed by atoms with Gasteiger partial charge in [-0.15, -0.1) is 0 Å². The molecule has 4 rings (SSSR count). The van der Waals surface area contributed by atoms with Crippen molar-refractivity contribution < 1.29 is 14.3 Å². The van der Waals surface area contributed by atoms with Crippen LogP contribution in [-0.2, 0) is 9.53 Å². The van der Waals surface area contributed by atoms with E-state index in [1.807, 2.05) is 49.3 Å². The van der Waals surface area contributed by atoms with Crippen LogP contribution >= 0.6 is 0 Å². The van der Waals surface area contributed by atoms with Crippen molar-refractivity contribution in [2.75, 3.05) is 31.4 Å². The molecular formula is C21H20N6O3. The lowest BCUT2D eigenvalue weighted by molar-refractivity contribution is -0.134. The smallest absolute Gasteiger partial charge is 0.357 e. The Morgan fingerprint density at radius 1 is 1.07 bits per heavy atom. The van der Waals surface area contributed by atoms with Gasteiger partial charge >= 0.3 is 5.97 Å². The summed E-state index contributed by atoms with van der Waals surface area (Å²) in [6.45, 7) is 0. The summed E-state index contributed by atoms with van der Waals surface area (Å²) < 4.78 is 6.17. The number of anilines is 2. The average molecular weight is 404 g/mol. The molecule has 0 radical (unpaired) electrons. The van der Waals surface area contributed by atoms with E-state index in [9.17, 15) is 9.59 Å². The molecule has 1 N–H and O–H groups in total. The molecule has 30 heavy (non-hydrogen) atoms. The monoisotopic (exact) mass is 404 g/mol. The Hall–Kier alpha value is -4.01. The highest BCUT2D eigenvalue weighted by molar-refractivity contribution is 6.24. The van der Waals surface area contributed by atoms with Crippen LogP contribution in [0.2, 0.25) is 0 Å². The van der Waals surface area contributed by atoms with Crippen LogP contribution < -0.4 is 10.2 Å². The number of methoxy groups -OCH3 is 1. The standard InChI is InChI=1S/C21H20N6O3/c1-26(2)15-11-9-13(10-12-15)17-16(19(28)14-7-5-4-6-8-14)18(20(29)30-3)27-21(22-17)23-24-25-27/h4-12,17H,1-3H3,(H,22,23,25)/t17-/m1/s1. The molecule has 0 saturated carbocycles. The van der Waals surface area contributed by atoms with Crippen molar-refractivity contribution in [3.05, 3.63) is 71.3 Å². The van der Waals surface area contributed by atoms with Crippen molar-refractivity contribution in [1.82, 2.24) is 20.2 Å². The zero-order valence-corrected chi connectivity index (χ0v) is 16.7. The zero-order valence-electron chi connectivity index (χ0n) is 16.7. The Labute approximate surface area is 172 Å². The molecule has 0 spiro atoms. The van der Waals surface area contributed by atoms with E-state index in [1.54, 1.807) is 24.3 Å². The first-order valence-corrected chi connectivity index (χ1v) is 9.26. The van der Waals surface area contributed by atoms with Gasteiger partial charge in [0.05, 0.1) is 18.7 Å². The second kappa shape index (κ2) is 7.78. The summed E-state index contributed by atoms with van der Waals surface area (Å²) in [5.74, 6) is -0.757. The van der Waals surface area contributed by atoms with Gasteiger partial charge in [-0.05, 0) is 28.1 Å². The number of carbonyl (C=O) groups excluding carboxylic acids is 2. The summed E-state index contributed by atoms with van der Waals surface area (Å²) >= 11 is 0. The summed E-state index contributed by atoms with van der Waals surface area (Å²) in [6.07, 6.45) is 0. The van der Waals surface area contributed by atoms with Gasteiger partial charge in [0.1, 0.15) is 0 Å². The van der Waals surface area contributed by atoms with Crippen molar-refractivity contribution in [2.24, 2.45) is 0 Å². The number of ketones is 1. The fourth-order valence-electron chi connectivity index (χ4n) is 3.37. The largest absolute Gasteiger partial charge is 0.464 e. The number of hydrogen-bond donors (Lipinski definition) is 1. The Morgan fingerprint density at radius 3 is 2.40 bits per heavy atom. The molecule has 0 saturated heterocycles. The lowest BCUT2D eigenvalue weighted by Crippen LogP contribution is -2.31. The third kappa shape index (κ3) is 3.30. The highest BCUT2D eigenvalue weighted by atomic mass is 16.5. The summed E-state index contributed by atoms with van der Waals surface area (Å²) in [5, 5.41) is 14.6. The summed E-state index contributed by atoms with van der Waals surface area (Å²) in [5.41, 5.74) is 2.45. The highest BCUT2D eigenvalue weighted by Crippen LogP contribution is 2.37. The normalized spacial score (nSPS) is 15.2. The zero-order chi connectivity index (χ0) is 21.3. The van der Waals surface area contributed by atoms with Gasteiger partial charge in [-0.2, -0.15) is 4.68 Å². The first-order chi connectivity index (χ1) is 14.5. The molecule has 2 heterocycles. The van der Waals surface area contributed by atoms with Crippen molar-refractivity contribution in [3.8, 4) is 0 Å². The van der Waals surface area contributed by atoms with Crippen molar-refractivity contribution in [3.63, 3.8) is 0 Å². The minimum atomic E-state index is -0.695. The Bertz CT molecular complexity index is 1120. The highest BCUT2D eigenvalue weighted by Gasteiger charge is 2.38. The average Bonchev–Trinajstić information content (AvgIpc) is 3.26. The molecule has 1 aliphatic rings. The number of esters is 1. The minimum absolute atomic E-state index is 0.00760. The van der Waals surface area contributed by atoms with E-state index in [2.05, 4.69) is 20.8 Å². The van der Waals surface area contributed by atoms with Crippen LogP contribution in [0.4, 0.5) is 11.6 Å². The molecule has 1 aliphatic heterocycles. The Balaban J connectivity index is 1.92. The van der Waals surface area contributed by atoms with Crippen LogP contribution in [-0.4, -0.2) is 53.2 Å². The Kier molecular flexibility index (Phi) is 5.01. The number of carbonyl (C=O) groups is 2. The third-order valence-electron chi connectivity index (χ3n) is 4.90. The van der Waals surface area contributed by atoms with E-state index < -0.39 is 12.0 Å². The van der Waals surface area contributed by atoms with Crippen molar-refractivity contribution in [2.45, 2.75) is 6.04 Å². The maximum absolute atomic E-state index is 13.5. The summed E-state index contributed by atoms with van der Waals surface area (Å²) in [6, 6.07) is 15.8. The number of tetrazole rings is 1. The molecule has 9 nitrogen and oxygen atoms in total. The second-order valence-electron chi connectivity index (χ2n) is 6.93. The first-order valence-electron chi connectivity index (χ1n) is 9.26. The molecule has 0 amide bonds. The van der Waals surface area contributed by atoms with E-state index in [-0.39, 0.29) is 23.0 Å². The summed E-state index contributed by atoms with van der Waals surface area (Å²) in [7, 11) is 5.15. The van der Waals surface area contributed by atoms with Crippen LogP contribution in [0.15, 0.2) is 60.2 Å². The van der Waals surface area contributed by atoms with Gasteiger partial charge in [0.15, 0.2) is 11.5 Å². The predicted molar refractivity (Wildman–Crippen MR) is 111 cm³/mol. The van der Waals surface area contributed by atoms with Gasteiger partial charge in [0.25, 0.3) is 0 Å². The predicted octanol–water partition coefficient (Wildman–Crippen LogP) is 2.17. The number of Topliss-reactive ketones (excluding diaryl/α,β-unsaturated/α-hetero) is 1. The number of benzene rings is 2. The molecule has 0 aliphatic carbocycles. The van der Waals surface area contributed by atoms with Gasteiger partial charge in [0.2, 0.25) is 5.95 Å². The molecule has 2 aromatic carbocycles.